The Kier molecular flexibility index (Phi) is 7.09. The first-order valence-electron chi connectivity index (χ1n) is 4.60. The molecule has 0 rings (SSSR count). The van der Waals surface area contributed by atoms with E-state index in [2.05, 4.69) is 25.7 Å². The van der Waals surface area contributed by atoms with Crippen LogP contribution in [0.4, 0.5) is 0 Å². The van der Waals surface area contributed by atoms with Gasteiger partial charge in [0.25, 0.3) is 0 Å². The molecule has 0 aliphatic carbocycles. The van der Waals surface area contributed by atoms with Gasteiger partial charge >= 0.3 is 0 Å². The quantitative estimate of drug-likeness (QED) is 0.564. The number of alkyl halides is 1. The van der Waals surface area contributed by atoms with Crippen molar-refractivity contribution in [3.05, 3.63) is 0 Å². The Hall–Kier alpha value is 0.250. The van der Waals surface area contributed by atoms with E-state index in [-0.39, 0.29) is 0 Å². The van der Waals surface area contributed by atoms with Crippen LogP contribution in [0.25, 0.3) is 0 Å². The molecule has 0 saturated heterocycles. The molecular formula is C9H20ClN. The molecule has 2 heteroatoms. The summed E-state index contributed by atoms with van der Waals surface area (Å²) in [5.41, 5.74) is 0. The van der Waals surface area contributed by atoms with Crippen LogP contribution in [0.5, 0.6) is 0 Å². The zero-order valence-electron chi connectivity index (χ0n) is 7.94. The Bertz CT molecular complexity index is 81.6. The normalized spacial score (nSPS) is 11.5. The van der Waals surface area contributed by atoms with Crippen LogP contribution >= 0.6 is 11.6 Å². The molecule has 0 aliphatic heterocycles. The Balaban J connectivity index is 3.76. The van der Waals surface area contributed by atoms with E-state index in [0.29, 0.717) is 0 Å². The lowest BCUT2D eigenvalue weighted by atomic mass is 10.1. The summed E-state index contributed by atoms with van der Waals surface area (Å²) in [5.74, 6) is 0.754. The number of hydrogen-bond acceptors (Lipinski definition) is 1. The number of nitrogens with zero attached hydrogens (tertiary/aromatic N) is 1. The largest absolute Gasteiger partial charge is 0.300 e. The predicted molar refractivity (Wildman–Crippen MR) is 52.3 cm³/mol. The van der Waals surface area contributed by atoms with Gasteiger partial charge < -0.3 is 0 Å². The van der Waals surface area contributed by atoms with Gasteiger partial charge in [0.15, 0.2) is 0 Å². The second-order valence-electron chi connectivity index (χ2n) is 2.79. The molecule has 0 N–H and O–H groups in total. The first-order valence-corrected chi connectivity index (χ1v) is 5.13. The molecule has 0 aliphatic rings. The van der Waals surface area contributed by atoms with Gasteiger partial charge in [-0.05, 0) is 19.4 Å². The highest BCUT2D eigenvalue weighted by Crippen LogP contribution is 2.07. The molecule has 0 unspecified atom stereocenters. The van der Waals surface area contributed by atoms with Crippen LogP contribution in [0.2, 0.25) is 0 Å². The molecular weight excluding hydrogens is 158 g/mol. The highest BCUT2D eigenvalue weighted by Gasteiger charge is 2.11. The molecule has 0 aromatic rings. The van der Waals surface area contributed by atoms with Gasteiger partial charge in [-0.25, -0.2) is 0 Å². The average molecular weight is 178 g/mol. The van der Waals surface area contributed by atoms with Crippen LogP contribution < -0.4 is 0 Å². The SMILES string of the molecule is CCC(CC)N(CC)CCCl. The van der Waals surface area contributed by atoms with Crippen molar-refractivity contribution in [3.63, 3.8) is 0 Å². The van der Waals surface area contributed by atoms with Crippen LogP contribution in [0.15, 0.2) is 0 Å². The lowest BCUT2D eigenvalue weighted by Crippen LogP contribution is -2.35. The summed E-state index contributed by atoms with van der Waals surface area (Å²) in [5, 5.41) is 0. The Morgan fingerprint density at radius 2 is 1.73 bits per heavy atom. The first kappa shape index (κ1) is 11.2. The van der Waals surface area contributed by atoms with E-state index >= 15 is 0 Å². The van der Waals surface area contributed by atoms with E-state index < -0.39 is 0 Å². The van der Waals surface area contributed by atoms with Gasteiger partial charge in [-0.3, -0.25) is 4.90 Å². The van der Waals surface area contributed by atoms with Gasteiger partial charge in [0.1, 0.15) is 0 Å². The average Bonchev–Trinajstić information content (AvgIpc) is 2.05. The Morgan fingerprint density at radius 1 is 1.18 bits per heavy atom. The van der Waals surface area contributed by atoms with E-state index in [1.807, 2.05) is 0 Å². The van der Waals surface area contributed by atoms with Gasteiger partial charge in [-0.15, -0.1) is 11.6 Å². The third kappa shape index (κ3) is 3.97. The lowest BCUT2D eigenvalue weighted by Gasteiger charge is -2.28. The molecule has 0 radical (unpaired) electrons. The van der Waals surface area contributed by atoms with Crippen molar-refractivity contribution >= 4 is 11.6 Å². The summed E-state index contributed by atoms with van der Waals surface area (Å²) in [4.78, 5) is 2.45. The minimum absolute atomic E-state index is 0.735. The van der Waals surface area contributed by atoms with Gasteiger partial charge in [-0.2, -0.15) is 0 Å². The Labute approximate surface area is 75.7 Å². The lowest BCUT2D eigenvalue weighted by molar-refractivity contribution is 0.207. The summed E-state index contributed by atoms with van der Waals surface area (Å²) in [6.07, 6.45) is 2.47. The molecule has 0 fully saturated rings. The number of rotatable bonds is 6. The van der Waals surface area contributed by atoms with Crippen LogP contribution in [0.1, 0.15) is 33.6 Å². The molecule has 0 aromatic carbocycles. The molecule has 0 saturated carbocycles. The highest BCUT2D eigenvalue weighted by atomic mass is 35.5. The molecule has 0 aromatic heterocycles. The highest BCUT2D eigenvalue weighted by molar-refractivity contribution is 6.18. The third-order valence-electron chi connectivity index (χ3n) is 2.24. The second-order valence-corrected chi connectivity index (χ2v) is 3.17. The molecule has 0 bridgehead atoms. The minimum Gasteiger partial charge on any atom is -0.300 e. The molecule has 1 nitrogen and oxygen atoms in total. The van der Waals surface area contributed by atoms with Crippen molar-refractivity contribution in [1.82, 2.24) is 4.90 Å². The van der Waals surface area contributed by atoms with Crippen molar-refractivity contribution in [2.45, 2.75) is 39.7 Å². The van der Waals surface area contributed by atoms with E-state index in [1.54, 1.807) is 0 Å². The number of halogens is 1. The second kappa shape index (κ2) is 6.93. The van der Waals surface area contributed by atoms with Gasteiger partial charge in [0, 0.05) is 18.5 Å². The van der Waals surface area contributed by atoms with E-state index in [9.17, 15) is 0 Å². The molecule has 0 amide bonds. The predicted octanol–water partition coefficient (Wildman–Crippen LogP) is 2.74. The molecule has 11 heavy (non-hydrogen) atoms. The summed E-state index contributed by atoms with van der Waals surface area (Å²) in [7, 11) is 0. The summed E-state index contributed by atoms with van der Waals surface area (Å²) in [6, 6.07) is 0.735. The molecule has 0 atom stereocenters. The third-order valence-corrected chi connectivity index (χ3v) is 2.41. The summed E-state index contributed by atoms with van der Waals surface area (Å²) < 4.78 is 0. The number of hydrogen-bond donors (Lipinski definition) is 0. The van der Waals surface area contributed by atoms with Crippen LogP contribution in [-0.2, 0) is 0 Å². The molecule has 68 valence electrons. The fourth-order valence-electron chi connectivity index (χ4n) is 1.51. The summed E-state index contributed by atoms with van der Waals surface area (Å²) >= 11 is 5.69. The van der Waals surface area contributed by atoms with Crippen LogP contribution in [-0.4, -0.2) is 29.9 Å². The maximum absolute atomic E-state index is 5.69. The monoisotopic (exact) mass is 177 g/mol. The Morgan fingerprint density at radius 3 is 2.00 bits per heavy atom. The van der Waals surface area contributed by atoms with Gasteiger partial charge in [-0.1, -0.05) is 20.8 Å². The zero-order valence-corrected chi connectivity index (χ0v) is 8.69. The molecule has 0 spiro atoms. The fraction of sp³-hybridized carbons (Fsp3) is 1.00. The van der Waals surface area contributed by atoms with Crippen LogP contribution in [0.3, 0.4) is 0 Å². The maximum Gasteiger partial charge on any atom is 0.0351 e. The van der Waals surface area contributed by atoms with Gasteiger partial charge in [0.2, 0.25) is 0 Å². The van der Waals surface area contributed by atoms with Crippen molar-refractivity contribution in [2.75, 3.05) is 19.0 Å². The van der Waals surface area contributed by atoms with E-state index in [0.717, 1.165) is 25.0 Å². The smallest absolute Gasteiger partial charge is 0.0351 e. The first-order chi connectivity index (χ1) is 5.29. The van der Waals surface area contributed by atoms with E-state index in [1.165, 1.54) is 12.8 Å². The van der Waals surface area contributed by atoms with Crippen LogP contribution in [0, 0.1) is 0 Å². The fourth-order valence-corrected chi connectivity index (χ4v) is 1.73. The van der Waals surface area contributed by atoms with Crippen molar-refractivity contribution in [1.29, 1.82) is 0 Å². The maximum atomic E-state index is 5.69. The van der Waals surface area contributed by atoms with Crippen molar-refractivity contribution in [3.8, 4) is 0 Å². The zero-order chi connectivity index (χ0) is 8.69. The molecule has 0 heterocycles. The standard InChI is InChI=1S/C9H20ClN/c1-4-9(5-2)11(6-3)8-7-10/h9H,4-8H2,1-3H3. The van der Waals surface area contributed by atoms with Crippen molar-refractivity contribution < 1.29 is 0 Å². The van der Waals surface area contributed by atoms with E-state index in [4.69, 9.17) is 11.6 Å². The summed E-state index contributed by atoms with van der Waals surface area (Å²) in [6.45, 7) is 8.84. The van der Waals surface area contributed by atoms with Crippen molar-refractivity contribution in [2.24, 2.45) is 0 Å². The minimum atomic E-state index is 0.735. The topological polar surface area (TPSA) is 3.24 Å². The van der Waals surface area contributed by atoms with Gasteiger partial charge in [0.05, 0.1) is 0 Å².